The molecule has 0 aromatic heterocycles. The normalized spacial score (nSPS) is 18.6. The summed E-state index contributed by atoms with van der Waals surface area (Å²) in [4.78, 5) is 11.9. The van der Waals surface area contributed by atoms with Gasteiger partial charge in [0.15, 0.2) is 0 Å². The van der Waals surface area contributed by atoms with Crippen molar-refractivity contribution in [3.8, 4) is 5.75 Å². The van der Waals surface area contributed by atoms with Gasteiger partial charge in [-0.25, -0.2) is 0 Å². The van der Waals surface area contributed by atoms with Crippen molar-refractivity contribution in [3.05, 3.63) is 22.7 Å². The number of halogens is 1. The predicted octanol–water partition coefficient (Wildman–Crippen LogP) is 3.32. The lowest BCUT2D eigenvalue weighted by atomic mass is 10.0. The summed E-state index contributed by atoms with van der Waals surface area (Å²) in [5, 5.41) is 6.38. The van der Waals surface area contributed by atoms with Gasteiger partial charge in [-0.3, -0.25) is 4.79 Å². The second-order valence-electron chi connectivity index (χ2n) is 5.08. The highest BCUT2D eigenvalue weighted by atomic mass is 79.9. The van der Waals surface area contributed by atoms with Gasteiger partial charge < -0.3 is 15.4 Å². The van der Waals surface area contributed by atoms with Crippen molar-refractivity contribution in [3.63, 3.8) is 0 Å². The molecule has 4 nitrogen and oxygen atoms in total. The van der Waals surface area contributed by atoms with Crippen LogP contribution < -0.4 is 15.4 Å². The van der Waals surface area contributed by atoms with E-state index in [1.54, 1.807) is 7.11 Å². The molecule has 2 N–H and O–H groups in total. The molecule has 1 atom stereocenters. The molecule has 0 aliphatic carbocycles. The Morgan fingerprint density at radius 2 is 2.35 bits per heavy atom. The summed E-state index contributed by atoms with van der Waals surface area (Å²) in [5.74, 6) is 0.823. The molecule has 1 fully saturated rings. The summed E-state index contributed by atoms with van der Waals surface area (Å²) < 4.78 is 6.00. The van der Waals surface area contributed by atoms with Crippen LogP contribution in [0, 0.1) is 0 Å². The fraction of sp³-hybridized carbons (Fsp3) is 0.533. The van der Waals surface area contributed by atoms with Crippen molar-refractivity contribution in [1.29, 1.82) is 0 Å². The highest BCUT2D eigenvalue weighted by molar-refractivity contribution is 9.10. The van der Waals surface area contributed by atoms with Gasteiger partial charge in [-0.15, -0.1) is 0 Å². The van der Waals surface area contributed by atoms with E-state index in [-0.39, 0.29) is 5.91 Å². The van der Waals surface area contributed by atoms with Crippen LogP contribution in [0.4, 0.5) is 5.69 Å². The van der Waals surface area contributed by atoms with E-state index in [0.29, 0.717) is 12.5 Å². The first kappa shape index (κ1) is 15.3. The molecule has 1 aliphatic rings. The largest absolute Gasteiger partial charge is 0.496 e. The van der Waals surface area contributed by atoms with Gasteiger partial charge in [-0.2, -0.15) is 0 Å². The lowest BCUT2D eigenvalue weighted by Crippen LogP contribution is -2.34. The van der Waals surface area contributed by atoms with E-state index >= 15 is 0 Å². The minimum atomic E-state index is 0.0643. The molecule has 20 heavy (non-hydrogen) atoms. The molecule has 1 unspecified atom stereocenters. The molecule has 1 heterocycles. The number of carbonyl (C=O) groups is 1. The minimum Gasteiger partial charge on any atom is -0.496 e. The number of ether oxygens (including phenoxy) is 1. The molecule has 1 aliphatic heterocycles. The fourth-order valence-electron chi connectivity index (χ4n) is 2.44. The van der Waals surface area contributed by atoms with E-state index in [9.17, 15) is 4.79 Å². The van der Waals surface area contributed by atoms with Crippen molar-refractivity contribution >= 4 is 27.5 Å². The number of hydrogen-bond acceptors (Lipinski definition) is 3. The zero-order chi connectivity index (χ0) is 14.4. The summed E-state index contributed by atoms with van der Waals surface area (Å²) in [6.07, 6.45) is 5.17. The van der Waals surface area contributed by atoms with Gasteiger partial charge in [0.1, 0.15) is 5.75 Å². The van der Waals surface area contributed by atoms with Crippen LogP contribution in [0.3, 0.4) is 0 Å². The van der Waals surface area contributed by atoms with E-state index in [0.717, 1.165) is 28.9 Å². The van der Waals surface area contributed by atoms with Gasteiger partial charge >= 0.3 is 0 Å². The van der Waals surface area contributed by atoms with Crippen molar-refractivity contribution < 1.29 is 9.53 Å². The van der Waals surface area contributed by atoms with Crippen LogP contribution in [0.15, 0.2) is 22.7 Å². The molecule has 1 saturated heterocycles. The molecule has 0 spiro atoms. The molecular formula is C15H21BrN2O2. The average Bonchev–Trinajstić information content (AvgIpc) is 2.46. The maximum Gasteiger partial charge on any atom is 0.224 e. The van der Waals surface area contributed by atoms with Crippen molar-refractivity contribution in [2.45, 2.75) is 38.1 Å². The van der Waals surface area contributed by atoms with Crippen LogP contribution in [0.5, 0.6) is 5.75 Å². The Labute approximate surface area is 128 Å². The Bertz CT molecular complexity index is 459. The first-order chi connectivity index (χ1) is 9.69. The van der Waals surface area contributed by atoms with Crippen molar-refractivity contribution in [1.82, 2.24) is 5.32 Å². The van der Waals surface area contributed by atoms with Crippen LogP contribution in [-0.4, -0.2) is 25.6 Å². The highest BCUT2D eigenvalue weighted by Gasteiger charge is 2.14. The summed E-state index contributed by atoms with van der Waals surface area (Å²) in [5.41, 5.74) is 0.791. The molecular weight excluding hydrogens is 320 g/mol. The molecule has 110 valence electrons. The minimum absolute atomic E-state index is 0.0643. The summed E-state index contributed by atoms with van der Waals surface area (Å²) in [6, 6.07) is 6.04. The van der Waals surface area contributed by atoms with E-state index in [1.807, 2.05) is 18.2 Å². The van der Waals surface area contributed by atoms with Crippen molar-refractivity contribution in [2.75, 3.05) is 19.0 Å². The van der Waals surface area contributed by atoms with Gasteiger partial charge in [-0.05, 0) is 59.9 Å². The lowest BCUT2D eigenvalue weighted by Gasteiger charge is -2.23. The first-order valence-corrected chi connectivity index (χ1v) is 7.85. The topological polar surface area (TPSA) is 50.4 Å². The van der Waals surface area contributed by atoms with Crippen LogP contribution in [0.2, 0.25) is 0 Å². The van der Waals surface area contributed by atoms with Gasteiger partial charge in [0.05, 0.1) is 11.6 Å². The fourth-order valence-corrected chi connectivity index (χ4v) is 2.98. The van der Waals surface area contributed by atoms with E-state index in [4.69, 9.17) is 4.74 Å². The van der Waals surface area contributed by atoms with Crippen LogP contribution in [0.25, 0.3) is 0 Å². The zero-order valence-electron chi connectivity index (χ0n) is 11.7. The molecule has 1 aromatic carbocycles. The summed E-state index contributed by atoms with van der Waals surface area (Å²) in [7, 11) is 1.62. The number of anilines is 1. The first-order valence-electron chi connectivity index (χ1n) is 7.06. The third-order valence-electron chi connectivity index (χ3n) is 3.57. The molecule has 0 bridgehead atoms. The molecule has 0 saturated carbocycles. The van der Waals surface area contributed by atoms with Crippen LogP contribution in [0.1, 0.15) is 32.1 Å². The number of hydrogen-bond donors (Lipinski definition) is 2. The van der Waals surface area contributed by atoms with E-state index < -0.39 is 0 Å². The second-order valence-corrected chi connectivity index (χ2v) is 5.94. The molecule has 0 radical (unpaired) electrons. The highest BCUT2D eigenvalue weighted by Crippen LogP contribution is 2.27. The Kier molecular flexibility index (Phi) is 5.86. The Morgan fingerprint density at radius 1 is 1.50 bits per heavy atom. The SMILES string of the molecule is COc1ccc(NC(=O)CCC2CCCCN2)cc1Br. The Morgan fingerprint density at radius 3 is 3.00 bits per heavy atom. The number of nitrogens with one attached hydrogen (secondary N) is 2. The second kappa shape index (κ2) is 7.64. The van der Waals surface area contributed by atoms with Crippen molar-refractivity contribution in [2.24, 2.45) is 0 Å². The van der Waals surface area contributed by atoms with Crippen LogP contribution >= 0.6 is 15.9 Å². The number of amides is 1. The number of methoxy groups -OCH3 is 1. The number of rotatable bonds is 5. The average molecular weight is 341 g/mol. The summed E-state index contributed by atoms with van der Waals surface area (Å²) >= 11 is 3.41. The monoisotopic (exact) mass is 340 g/mol. The van der Waals surface area contributed by atoms with E-state index in [2.05, 4.69) is 26.6 Å². The third kappa shape index (κ3) is 4.49. The lowest BCUT2D eigenvalue weighted by molar-refractivity contribution is -0.116. The Balaban J connectivity index is 1.80. The Hall–Kier alpha value is -1.07. The molecule has 1 aromatic rings. The summed E-state index contributed by atoms with van der Waals surface area (Å²) in [6.45, 7) is 1.08. The predicted molar refractivity (Wildman–Crippen MR) is 84.2 cm³/mol. The van der Waals surface area contributed by atoms with Gasteiger partial charge in [0.2, 0.25) is 5.91 Å². The third-order valence-corrected chi connectivity index (χ3v) is 4.19. The maximum absolute atomic E-state index is 11.9. The molecule has 2 rings (SSSR count). The molecule has 5 heteroatoms. The maximum atomic E-state index is 11.9. The quantitative estimate of drug-likeness (QED) is 0.864. The van der Waals surface area contributed by atoms with Crippen LogP contribution in [-0.2, 0) is 4.79 Å². The van der Waals surface area contributed by atoms with Gasteiger partial charge in [0, 0.05) is 18.2 Å². The van der Waals surface area contributed by atoms with Gasteiger partial charge in [-0.1, -0.05) is 6.42 Å². The molecule has 1 amide bonds. The standard InChI is InChI=1S/C15H21BrN2O2/c1-20-14-7-5-12(10-13(14)16)18-15(19)8-6-11-4-2-3-9-17-11/h5,7,10-11,17H,2-4,6,8-9H2,1H3,(H,18,19). The smallest absolute Gasteiger partial charge is 0.224 e. The number of benzene rings is 1. The van der Waals surface area contributed by atoms with Gasteiger partial charge in [0.25, 0.3) is 0 Å². The number of carbonyl (C=O) groups excluding carboxylic acids is 1. The van der Waals surface area contributed by atoms with E-state index in [1.165, 1.54) is 19.3 Å². The zero-order valence-corrected chi connectivity index (χ0v) is 13.3. The number of piperidine rings is 1.